The Kier molecular flexibility index (Phi) is 3.82. The van der Waals surface area contributed by atoms with Crippen LogP contribution < -0.4 is 0 Å². The second-order valence-corrected chi connectivity index (χ2v) is 6.06. The number of carbonyl (C=O) groups is 1. The summed E-state index contributed by atoms with van der Waals surface area (Å²) in [6.07, 6.45) is 2.61. The molecule has 4 aromatic rings. The van der Waals surface area contributed by atoms with Gasteiger partial charge >= 0.3 is 0 Å². The highest BCUT2D eigenvalue weighted by Gasteiger charge is 2.16. The second kappa shape index (κ2) is 6.29. The predicted molar refractivity (Wildman–Crippen MR) is 99.0 cm³/mol. The fourth-order valence-electron chi connectivity index (χ4n) is 3.13. The number of carbonyl (C=O) groups excluding carboxylic acids is 1. The maximum absolute atomic E-state index is 12.9. The van der Waals surface area contributed by atoms with Crippen LogP contribution >= 0.6 is 0 Å². The van der Waals surface area contributed by atoms with Gasteiger partial charge in [-0.3, -0.25) is 9.36 Å². The van der Waals surface area contributed by atoms with E-state index in [4.69, 9.17) is 0 Å². The van der Waals surface area contributed by atoms with Crippen molar-refractivity contribution in [3.8, 4) is 5.75 Å². The van der Waals surface area contributed by atoms with Gasteiger partial charge in [0.05, 0.1) is 5.52 Å². The molecule has 4 rings (SSSR count). The Hall–Kier alpha value is -3.33. The van der Waals surface area contributed by atoms with Crippen LogP contribution in [0.25, 0.3) is 10.9 Å². The van der Waals surface area contributed by atoms with Gasteiger partial charge in [0.25, 0.3) is 5.91 Å². The molecule has 3 nitrogen and oxygen atoms in total. The minimum atomic E-state index is -0.101. The van der Waals surface area contributed by atoms with E-state index in [0.717, 1.165) is 22.9 Å². The van der Waals surface area contributed by atoms with Crippen LogP contribution in [0.5, 0.6) is 5.75 Å². The molecule has 0 atom stereocenters. The molecule has 1 heterocycles. The van der Waals surface area contributed by atoms with Crippen LogP contribution in [0.1, 0.15) is 21.5 Å². The summed E-state index contributed by atoms with van der Waals surface area (Å²) in [5.41, 5.74) is 3.58. The molecule has 0 fully saturated rings. The van der Waals surface area contributed by atoms with E-state index in [1.54, 1.807) is 28.8 Å². The normalized spacial score (nSPS) is 10.9. The monoisotopic (exact) mass is 327 g/mol. The first-order valence-electron chi connectivity index (χ1n) is 8.19. The van der Waals surface area contributed by atoms with Gasteiger partial charge < -0.3 is 5.11 Å². The fourth-order valence-corrected chi connectivity index (χ4v) is 3.13. The first kappa shape index (κ1) is 15.2. The minimum absolute atomic E-state index is 0.101. The Balaban J connectivity index is 1.84. The average Bonchev–Trinajstić information content (AvgIpc) is 3.00. The third kappa shape index (κ3) is 2.92. The van der Waals surface area contributed by atoms with Crippen LogP contribution in [-0.4, -0.2) is 15.6 Å². The van der Waals surface area contributed by atoms with Gasteiger partial charge in [-0.05, 0) is 41.8 Å². The molecule has 0 saturated carbocycles. The molecule has 122 valence electrons. The molecular weight excluding hydrogens is 310 g/mol. The Morgan fingerprint density at radius 2 is 1.56 bits per heavy atom. The molecule has 0 radical (unpaired) electrons. The van der Waals surface area contributed by atoms with Crippen LogP contribution in [0.15, 0.2) is 85.1 Å². The molecule has 1 aromatic heterocycles. The average molecular weight is 327 g/mol. The largest absolute Gasteiger partial charge is 0.508 e. The van der Waals surface area contributed by atoms with Gasteiger partial charge in [0, 0.05) is 23.2 Å². The summed E-state index contributed by atoms with van der Waals surface area (Å²) in [5.74, 6) is 0.0504. The lowest BCUT2D eigenvalue weighted by atomic mass is 10.0. The summed E-state index contributed by atoms with van der Waals surface area (Å²) in [6, 6.07) is 24.5. The molecule has 0 aliphatic heterocycles. The summed E-state index contributed by atoms with van der Waals surface area (Å²) < 4.78 is 1.63. The standard InChI is InChI=1S/C22H17NO2/c24-19-11-12-20-18(13-16-7-3-1-4-8-16)15-23(21(20)14-19)22(25)17-9-5-2-6-10-17/h1-12,14-15,24H,13H2. The molecule has 0 aliphatic carbocycles. The lowest BCUT2D eigenvalue weighted by Crippen LogP contribution is -2.10. The summed E-state index contributed by atoms with van der Waals surface area (Å²) >= 11 is 0. The number of hydrogen-bond donors (Lipinski definition) is 1. The molecule has 0 saturated heterocycles. The van der Waals surface area contributed by atoms with Gasteiger partial charge in [0.2, 0.25) is 0 Å². The molecule has 0 bridgehead atoms. The van der Waals surface area contributed by atoms with Crippen molar-refractivity contribution in [3.05, 3.63) is 102 Å². The van der Waals surface area contributed by atoms with Gasteiger partial charge in [0.1, 0.15) is 5.75 Å². The molecule has 0 amide bonds. The third-order valence-electron chi connectivity index (χ3n) is 4.35. The third-order valence-corrected chi connectivity index (χ3v) is 4.35. The highest BCUT2D eigenvalue weighted by molar-refractivity contribution is 6.03. The van der Waals surface area contributed by atoms with Crippen molar-refractivity contribution in [2.75, 3.05) is 0 Å². The summed E-state index contributed by atoms with van der Waals surface area (Å²) in [7, 11) is 0. The van der Waals surface area contributed by atoms with E-state index < -0.39 is 0 Å². The summed E-state index contributed by atoms with van der Waals surface area (Å²) in [6.45, 7) is 0. The number of hydrogen-bond acceptors (Lipinski definition) is 2. The lowest BCUT2D eigenvalue weighted by molar-refractivity contribution is 0.0965. The van der Waals surface area contributed by atoms with E-state index in [2.05, 4.69) is 12.1 Å². The van der Waals surface area contributed by atoms with Crippen LogP contribution in [0.4, 0.5) is 0 Å². The number of nitrogens with zero attached hydrogens (tertiary/aromatic N) is 1. The van der Waals surface area contributed by atoms with Crippen LogP contribution in [0, 0.1) is 0 Å². The topological polar surface area (TPSA) is 42.2 Å². The van der Waals surface area contributed by atoms with Crippen molar-refractivity contribution in [3.63, 3.8) is 0 Å². The number of rotatable bonds is 3. The van der Waals surface area contributed by atoms with Gasteiger partial charge in [-0.1, -0.05) is 48.5 Å². The van der Waals surface area contributed by atoms with E-state index in [-0.39, 0.29) is 11.7 Å². The van der Waals surface area contributed by atoms with Gasteiger partial charge in [0.15, 0.2) is 0 Å². The molecule has 0 aliphatic rings. The predicted octanol–water partition coefficient (Wildman–Crippen LogP) is 4.63. The highest BCUT2D eigenvalue weighted by atomic mass is 16.3. The van der Waals surface area contributed by atoms with Gasteiger partial charge in [-0.25, -0.2) is 0 Å². The van der Waals surface area contributed by atoms with E-state index >= 15 is 0 Å². The summed E-state index contributed by atoms with van der Waals surface area (Å²) in [5, 5.41) is 10.9. The molecule has 0 unspecified atom stereocenters. The molecule has 3 aromatic carbocycles. The number of phenols is 1. The van der Waals surface area contributed by atoms with Gasteiger partial charge in [-0.15, -0.1) is 0 Å². The van der Waals surface area contributed by atoms with Crippen molar-refractivity contribution in [2.24, 2.45) is 0 Å². The first-order chi connectivity index (χ1) is 12.2. The highest BCUT2D eigenvalue weighted by Crippen LogP contribution is 2.28. The van der Waals surface area contributed by atoms with E-state index in [9.17, 15) is 9.90 Å². The molecule has 0 spiro atoms. The van der Waals surface area contributed by atoms with E-state index in [0.29, 0.717) is 5.56 Å². The second-order valence-electron chi connectivity index (χ2n) is 6.06. The van der Waals surface area contributed by atoms with Crippen molar-refractivity contribution >= 4 is 16.8 Å². The number of phenolic OH excluding ortho intramolecular Hbond substituents is 1. The lowest BCUT2D eigenvalue weighted by Gasteiger charge is -2.04. The maximum atomic E-state index is 12.9. The maximum Gasteiger partial charge on any atom is 0.262 e. The minimum Gasteiger partial charge on any atom is -0.508 e. The van der Waals surface area contributed by atoms with Crippen molar-refractivity contribution in [1.82, 2.24) is 4.57 Å². The smallest absolute Gasteiger partial charge is 0.262 e. The van der Waals surface area contributed by atoms with E-state index in [1.165, 1.54) is 5.56 Å². The quantitative estimate of drug-likeness (QED) is 0.596. The number of aromatic hydroxyl groups is 1. The van der Waals surface area contributed by atoms with Crippen molar-refractivity contribution < 1.29 is 9.90 Å². The molecule has 1 N–H and O–H groups in total. The fraction of sp³-hybridized carbons (Fsp3) is 0.0455. The Bertz CT molecular complexity index is 1030. The van der Waals surface area contributed by atoms with Crippen molar-refractivity contribution in [1.29, 1.82) is 0 Å². The Morgan fingerprint density at radius 1 is 0.880 bits per heavy atom. The number of aromatic nitrogens is 1. The van der Waals surface area contributed by atoms with Crippen LogP contribution in [0.3, 0.4) is 0 Å². The summed E-state index contributed by atoms with van der Waals surface area (Å²) in [4.78, 5) is 12.9. The number of benzene rings is 3. The zero-order valence-electron chi connectivity index (χ0n) is 13.6. The van der Waals surface area contributed by atoms with Gasteiger partial charge in [-0.2, -0.15) is 0 Å². The van der Waals surface area contributed by atoms with E-state index in [1.807, 2.05) is 48.7 Å². The molecular formula is C22H17NO2. The SMILES string of the molecule is O=C(c1ccccc1)n1cc(Cc2ccccc2)c2ccc(O)cc21. The Labute approximate surface area is 145 Å². The zero-order chi connectivity index (χ0) is 17.2. The zero-order valence-corrected chi connectivity index (χ0v) is 13.6. The van der Waals surface area contributed by atoms with Crippen LogP contribution in [0.2, 0.25) is 0 Å². The molecule has 3 heteroatoms. The number of fused-ring (bicyclic) bond motifs is 1. The first-order valence-corrected chi connectivity index (χ1v) is 8.19. The van der Waals surface area contributed by atoms with Crippen molar-refractivity contribution in [2.45, 2.75) is 6.42 Å². The van der Waals surface area contributed by atoms with Crippen LogP contribution in [-0.2, 0) is 6.42 Å². The molecule has 25 heavy (non-hydrogen) atoms. The Morgan fingerprint density at radius 3 is 2.28 bits per heavy atom.